The van der Waals surface area contributed by atoms with Crippen LogP contribution in [0.25, 0.3) is 0 Å². The van der Waals surface area contributed by atoms with E-state index in [9.17, 15) is 8.78 Å². The van der Waals surface area contributed by atoms with Crippen LogP contribution in [0, 0.1) is 5.92 Å². The topological polar surface area (TPSA) is 21.3 Å². The molecule has 94 valence electrons. The van der Waals surface area contributed by atoms with Crippen LogP contribution in [0.4, 0.5) is 14.5 Å². The van der Waals surface area contributed by atoms with Crippen molar-refractivity contribution >= 4 is 5.69 Å². The lowest BCUT2D eigenvalue weighted by molar-refractivity contribution is -0.0493. The summed E-state index contributed by atoms with van der Waals surface area (Å²) in [6.45, 7) is -0.597. The van der Waals surface area contributed by atoms with Gasteiger partial charge in [0.15, 0.2) is 0 Å². The van der Waals surface area contributed by atoms with Crippen LogP contribution in [-0.2, 0) is 0 Å². The molecule has 1 N–H and O–H groups in total. The monoisotopic (exact) mass is 241 g/mol. The van der Waals surface area contributed by atoms with E-state index in [4.69, 9.17) is 0 Å². The van der Waals surface area contributed by atoms with Gasteiger partial charge in [0.1, 0.15) is 5.75 Å². The van der Waals surface area contributed by atoms with Crippen molar-refractivity contribution in [2.75, 3.05) is 5.32 Å². The zero-order valence-electron chi connectivity index (χ0n) is 9.83. The van der Waals surface area contributed by atoms with Crippen LogP contribution in [0.2, 0.25) is 0 Å². The van der Waals surface area contributed by atoms with E-state index in [-0.39, 0.29) is 5.75 Å². The Morgan fingerprint density at radius 2 is 2.06 bits per heavy atom. The molecule has 0 spiro atoms. The van der Waals surface area contributed by atoms with E-state index >= 15 is 0 Å². The maximum atomic E-state index is 12.2. The van der Waals surface area contributed by atoms with Crippen LogP contribution in [0.1, 0.15) is 26.2 Å². The van der Waals surface area contributed by atoms with Gasteiger partial charge in [0.2, 0.25) is 0 Å². The molecule has 0 bridgehead atoms. The summed E-state index contributed by atoms with van der Waals surface area (Å²) in [6, 6.07) is 7.22. The highest BCUT2D eigenvalue weighted by Crippen LogP contribution is 2.32. The maximum absolute atomic E-state index is 12.2. The van der Waals surface area contributed by atoms with E-state index < -0.39 is 6.61 Å². The molecule has 2 nitrogen and oxygen atoms in total. The lowest BCUT2D eigenvalue weighted by atomic mass is 10.1. The van der Waals surface area contributed by atoms with Crippen molar-refractivity contribution in [2.24, 2.45) is 5.92 Å². The Balaban J connectivity index is 2.09. The average molecular weight is 241 g/mol. The van der Waals surface area contributed by atoms with E-state index in [1.54, 1.807) is 18.2 Å². The van der Waals surface area contributed by atoms with Gasteiger partial charge in [-0.3, -0.25) is 0 Å². The van der Waals surface area contributed by atoms with Crippen molar-refractivity contribution in [1.82, 2.24) is 0 Å². The summed E-state index contributed by atoms with van der Waals surface area (Å²) < 4.78 is 29.0. The van der Waals surface area contributed by atoms with Gasteiger partial charge < -0.3 is 10.1 Å². The summed E-state index contributed by atoms with van der Waals surface area (Å²) in [4.78, 5) is 0. The fourth-order valence-electron chi connectivity index (χ4n) is 2.34. The molecule has 2 atom stereocenters. The lowest BCUT2D eigenvalue weighted by Gasteiger charge is -2.20. The standard InChI is InChI=1S/C13H17F2NO/c1-9-5-4-7-10(9)16-11-6-2-3-8-12(11)17-13(14)15/h2-3,6,8-10,13,16H,4-5,7H2,1H3. The van der Waals surface area contributed by atoms with Gasteiger partial charge >= 0.3 is 6.61 Å². The van der Waals surface area contributed by atoms with E-state index in [1.165, 1.54) is 12.8 Å². The Kier molecular flexibility index (Phi) is 3.82. The fourth-order valence-corrected chi connectivity index (χ4v) is 2.34. The first-order valence-electron chi connectivity index (χ1n) is 5.97. The second-order valence-electron chi connectivity index (χ2n) is 4.53. The number of hydrogen-bond donors (Lipinski definition) is 1. The Morgan fingerprint density at radius 1 is 1.29 bits per heavy atom. The Bertz CT molecular complexity index is 370. The molecule has 1 aromatic rings. The number of ether oxygens (including phenoxy) is 1. The van der Waals surface area contributed by atoms with E-state index in [0.29, 0.717) is 17.6 Å². The minimum atomic E-state index is -2.78. The molecular weight excluding hydrogens is 224 g/mol. The van der Waals surface area contributed by atoms with Crippen molar-refractivity contribution < 1.29 is 13.5 Å². The molecule has 0 amide bonds. The SMILES string of the molecule is CC1CCCC1Nc1ccccc1OC(F)F. The highest BCUT2D eigenvalue weighted by Gasteiger charge is 2.24. The van der Waals surface area contributed by atoms with Gasteiger partial charge in [-0.15, -0.1) is 0 Å². The fraction of sp³-hybridized carbons (Fsp3) is 0.538. The molecule has 0 aromatic heterocycles. The van der Waals surface area contributed by atoms with Crippen LogP contribution in [0.15, 0.2) is 24.3 Å². The van der Waals surface area contributed by atoms with E-state index in [1.807, 2.05) is 6.07 Å². The highest BCUT2D eigenvalue weighted by atomic mass is 19.3. The van der Waals surface area contributed by atoms with Gasteiger partial charge in [-0.1, -0.05) is 25.5 Å². The zero-order valence-corrected chi connectivity index (χ0v) is 9.83. The Labute approximate surface area is 100.0 Å². The molecule has 1 aliphatic rings. The van der Waals surface area contributed by atoms with Crippen LogP contribution in [0.3, 0.4) is 0 Å². The van der Waals surface area contributed by atoms with E-state index in [0.717, 1.165) is 6.42 Å². The molecule has 17 heavy (non-hydrogen) atoms. The van der Waals surface area contributed by atoms with Gasteiger partial charge in [-0.2, -0.15) is 8.78 Å². The Morgan fingerprint density at radius 3 is 2.71 bits per heavy atom. The average Bonchev–Trinajstić information content (AvgIpc) is 2.67. The van der Waals surface area contributed by atoms with Crippen LogP contribution >= 0.6 is 0 Å². The van der Waals surface area contributed by atoms with Crippen LogP contribution in [0.5, 0.6) is 5.75 Å². The number of halogens is 2. The maximum Gasteiger partial charge on any atom is 0.387 e. The molecule has 1 fully saturated rings. The molecule has 4 heteroatoms. The van der Waals surface area contributed by atoms with Crippen LogP contribution < -0.4 is 10.1 Å². The summed E-state index contributed by atoms with van der Waals surface area (Å²) in [5, 5.41) is 3.31. The van der Waals surface area contributed by atoms with Gasteiger partial charge in [0.05, 0.1) is 5.69 Å². The number of anilines is 1. The summed E-state index contributed by atoms with van der Waals surface area (Å²) in [7, 11) is 0. The predicted octanol–water partition coefficient (Wildman–Crippen LogP) is 3.89. The molecular formula is C13H17F2NO. The summed E-state index contributed by atoms with van der Waals surface area (Å²) in [6.07, 6.45) is 3.47. The molecule has 0 saturated heterocycles. The largest absolute Gasteiger partial charge is 0.433 e. The Hall–Kier alpha value is -1.32. The number of nitrogens with one attached hydrogen (secondary N) is 1. The second-order valence-corrected chi connectivity index (χ2v) is 4.53. The number of hydrogen-bond acceptors (Lipinski definition) is 2. The second kappa shape index (κ2) is 5.34. The number of alkyl halides is 2. The van der Waals surface area contributed by atoms with Crippen molar-refractivity contribution in [3.8, 4) is 5.75 Å². The third-order valence-electron chi connectivity index (χ3n) is 3.31. The van der Waals surface area contributed by atoms with Gasteiger partial charge in [-0.05, 0) is 30.9 Å². The third-order valence-corrected chi connectivity index (χ3v) is 3.31. The predicted molar refractivity (Wildman–Crippen MR) is 63.5 cm³/mol. The zero-order chi connectivity index (χ0) is 12.3. The van der Waals surface area contributed by atoms with Crippen molar-refractivity contribution in [3.63, 3.8) is 0 Å². The van der Waals surface area contributed by atoms with Gasteiger partial charge in [0.25, 0.3) is 0 Å². The first-order valence-corrected chi connectivity index (χ1v) is 5.97. The van der Waals surface area contributed by atoms with Crippen molar-refractivity contribution in [1.29, 1.82) is 0 Å². The molecule has 1 saturated carbocycles. The molecule has 1 aliphatic carbocycles. The lowest BCUT2D eigenvalue weighted by Crippen LogP contribution is -2.22. The van der Waals surface area contributed by atoms with Gasteiger partial charge in [0, 0.05) is 6.04 Å². The number of rotatable bonds is 4. The third kappa shape index (κ3) is 3.08. The van der Waals surface area contributed by atoms with Crippen molar-refractivity contribution in [3.05, 3.63) is 24.3 Å². The first-order chi connectivity index (χ1) is 8.16. The quantitative estimate of drug-likeness (QED) is 0.863. The van der Waals surface area contributed by atoms with E-state index in [2.05, 4.69) is 17.0 Å². The minimum Gasteiger partial charge on any atom is -0.433 e. The van der Waals surface area contributed by atoms with Crippen molar-refractivity contribution in [2.45, 2.75) is 38.8 Å². The normalized spacial score (nSPS) is 24.0. The molecule has 1 aromatic carbocycles. The molecule has 0 heterocycles. The molecule has 2 unspecified atom stereocenters. The summed E-state index contributed by atoms with van der Waals surface area (Å²) >= 11 is 0. The van der Waals surface area contributed by atoms with Gasteiger partial charge in [-0.25, -0.2) is 0 Å². The number of benzene rings is 1. The molecule has 0 radical (unpaired) electrons. The highest BCUT2D eigenvalue weighted by molar-refractivity contribution is 5.56. The number of para-hydroxylation sites is 2. The summed E-state index contributed by atoms with van der Waals surface area (Å²) in [5.74, 6) is 0.802. The molecule has 0 aliphatic heterocycles. The first kappa shape index (κ1) is 12.1. The minimum absolute atomic E-state index is 0.224. The smallest absolute Gasteiger partial charge is 0.387 e. The summed E-state index contributed by atoms with van der Waals surface area (Å²) in [5.41, 5.74) is 0.659. The van der Waals surface area contributed by atoms with Crippen LogP contribution in [-0.4, -0.2) is 12.7 Å². The molecule has 2 rings (SSSR count).